The van der Waals surface area contributed by atoms with E-state index in [4.69, 9.17) is 16.3 Å². The standard InChI is InChI=1S/C18H21ClN2O3/c1-14-5-4-6-18(23)21(14)12-3-2-11-20-17(22)13-24-16-9-7-15(19)8-10-16/h4-10H,2-3,11-13H2,1H3,(H,20,22). The quantitative estimate of drug-likeness (QED) is 0.746. The second kappa shape index (κ2) is 9.13. The third kappa shape index (κ3) is 5.74. The summed E-state index contributed by atoms with van der Waals surface area (Å²) in [6.45, 7) is 3.10. The maximum atomic E-state index is 11.7. The highest BCUT2D eigenvalue weighted by molar-refractivity contribution is 6.30. The minimum Gasteiger partial charge on any atom is -0.484 e. The van der Waals surface area contributed by atoms with Crippen LogP contribution in [0.3, 0.4) is 0 Å². The van der Waals surface area contributed by atoms with Crippen molar-refractivity contribution in [1.29, 1.82) is 0 Å². The van der Waals surface area contributed by atoms with E-state index in [-0.39, 0.29) is 18.1 Å². The Morgan fingerprint density at radius 2 is 1.92 bits per heavy atom. The molecule has 1 aromatic carbocycles. The highest BCUT2D eigenvalue weighted by Crippen LogP contribution is 2.15. The van der Waals surface area contributed by atoms with Crippen LogP contribution in [0.5, 0.6) is 5.75 Å². The largest absolute Gasteiger partial charge is 0.484 e. The lowest BCUT2D eigenvalue weighted by atomic mass is 10.2. The number of hydrogen-bond donors (Lipinski definition) is 1. The van der Waals surface area contributed by atoms with E-state index in [1.54, 1.807) is 41.0 Å². The monoisotopic (exact) mass is 348 g/mol. The molecule has 1 N–H and O–H groups in total. The van der Waals surface area contributed by atoms with Crippen LogP contribution >= 0.6 is 11.6 Å². The molecule has 128 valence electrons. The van der Waals surface area contributed by atoms with Gasteiger partial charge < -0.3 is 14.6 Å². The molecule has 1 heterocycles. The Hall–Kier alpha value is -2.27. The molecule has 0 bridgehead atoms. The van der Waals surface area contributed by atoms with Gasteiger partial charge in [-0.15, -0.1) is 0 Å². The van der Waals surface area contributed by atoms with Gasteiger partial charge in [-0.05, 0) is 50.1 Å². The first-order chi connectivity index (χ1) is 11.6. The van der Waals surface area contributed by atoms with Crippen LogP contribution in [0.2, 0.25) is 5.02 Å². The Labute approximate surface area is 146 Å². The van der Waals surface area contributed by atoms with Gasteiger partial charge >= 0.3 is 0 Å². The summed E-state index contributed by atoms with van der Waals surface area (Å²) in [7, 11) is 0. The van der Waals surface area contributed by atoms with Crippen LogP contribution in [0.25, 0.3) is 0 Å². The van der Waals surface area contributed by atoms with Crippen molar-refractivity contribution in [3.8, 4) is 5.75 Å². The van der Waals surface area contributed by atoms with Gasteiger partial charge in [0.2, 0.25) is 0 Å². The first-order valence-corrected chi connectivity index (χ1v) is 8.25. The van der Waals surface area contributed by atoms with E-state index in [0.29, 0.717) is 23.9 Å². The number of carbonyl (C=O) groups excluding carboxylic acids is 1. The molecule has 0 aliphatic carbocycles. The molecule has 5 nitrogen and oxygen atoms in total. The minimum absolute atomic E-state index is 0.00963. The van der Waals surface area contributed by atoms with Crippen LogP contribution in [0.4, 0.5) is 0 Å². The van der Waals surface area contributed by atoms with Crippen molar-refractivity contribution in [3.05, 3.63) is 63.5 Å². The highest BCUT2D eigenvalue weighted by Gasteiger charge is 2.03. The minimum atomic E-state index is -0.169. The van der Waals surface area contributed by atoms with Crippen LogP contribution in [0, 0.1) is 6.92 Å². The zero-order chi connectivity index (χ0) is 17.4. The summed E-state index contributed by atoms with van der Waals surface area (Å²) < 4.78 is 7.11. The summed E-state index contributed by atoms with van der Waals surface area (Å²) in [6.07, 6.45) is 1.62. The average Bonchev–Trinajstić information content (AvgIpc) is 2.56. The van der Waals surface area contributed by atoms with E-state index in [2.05, 4.69) is 5.32 Å². The Kier molecular flexibility index (Phi) is 6.88. The van der Waals surface area contributed by atoms with Crippen molar-refractivity contribution in [2.75, 3.05) is 13.2 Å². The summed E-state index contributed by atoms with van der Waals surface area (Å²) in [5.74, 6) is 0.437. The van der Waals surface area contributed by atoms with Crippen LogP contribution in [-0.2, 0) is 11.3 Å². The lowest BCUT2D eigenvalue weighted by molar-refractivity contribution is -0.123. The number of nitrogens with zero attached hydrogens (tertiary/aromatic N) is 1. The fraction of sp³-hybridized carbons (Fsp3) is 0.333. The van der Waals surface area contributed by atoms with Crippen LogP contribution in [0.15, 0.2) is 47.3 Å². The SMILES string of the molecule is Cc1cccc(=O)n1CCCCNC(=O)COc1ccc(Cl)cc1. The number of pyridine rings is 1. The normalized spacial score (nSPS) is 10.4. The molecule has 0 aliphatic rings. The van der Waals surface area contributed by atoms with E-state index in [1.165, 1.54) is 0 Å². The first-order valence-electron chi connectivity index (χ1n) is 7.88. The molecule has 2 rings (SSSR count). The molecule has 0 fully saturated rings. The fourth-order valence-electron chi connectivity index (χ4n) is 2.26. The molecule has 0 spiro atoms. The number of hydrogen-bond acceptors (Lipinski definition) is 3. The number of halogens is 1. The molecule has 0 saturated carbocycles. The summed E-state index contributed by atoms with van der Waals surface area (Å²) in [5.41, 5.74) is 0.957. The van der Waals surface area contributed by atoms with Crippen molar-refractivity contribution < 1.29 is 9.53 Å². The van der Waals surface area contributed by atoms with Crippen molar-refractivity contribution in [1.82, 2.24) is 9.88 Å². The van der Waals surface area contributed by atoms with E-state index in [0.717, 1.165) is 18.5 Å². The van der Waals surface area contributed by atoms with E-state index < -0.39 is 0 Å². The van der Waals surface area contributed by atoms with Gasteiger partial charge in [-0.1, -0.05) is 17.7 Å². The number of amides is 1. The third-order valence-corrected chi connectivity index (χ3v) is 3.83. The second-order valence-corrected chi connectivity index (χ2v) is 5.89. The maximum Gasteiger partial charge on any atom is 0.257 e. The van der Waals surface area contributed by atoms with E-state index >= 15 is 0 Å². The molecular formula is C18H21ClN2O3. The molecule has 0 radical (unpaired) electrons. The topological polar surface area (TPSA) is 60.3 Å². The highest BCUT2D eigenvalue weighted by atomic mass is 35.5. The molecule has 1 amide bonds. The summed E-state index contributed by atoms with van der Waals surface area (Å²) >= 11 is 5.78. The predicted octanol–water partition coefficient (Wildman–Crippen LogP) is 2.79. The van der Waals surface area contributed by atoms with Crippen LogP contribution in [0.1, 0.15) is 18.5 Å². The number of aromatic nitrogens is 1. The fourth-order valence-corrected chi connectivity index (χ4v) is 2.39. The van der Waals surface area contributed by atoms with Crippen LogP contribution in [-0.4, -0.2) is 23.6 Å². The predicted molar refractivity (Wildman–Crippen MR) is 94.6 cm³/mol. The smallest absolute Gasteiger partial charge is 0.257 e. The lowest BCUT2D eigenvalue weighted by Gasteiger charge is -2.10. The zero-order valence-corrected chi connectivity index (χ0v) is 14.4. The average molecular weight is 349 g/mol. The zero-order valence-electron chi connectivity index (χ0n) is 13.6. The molecule has 24 heavy (non-hydrogen) atoms. The number of benzene rings is 1. The molecule has 2 aromatic rings. The molecule has 0 aliphatic heterocycles. The summed E-state index contributed by atoms with van der Waals surface area (Å²) in [5, 5.41) is 3.43. The van der Waals surface area contributed by atoms with Crippen molar-refractivity contribution >= 4 is 17.5 Å². The van der Waals surface area contributed by atoms with Crippen LogP contribution < -0.4 is 15.6 Å². The van der Waals surface area contributed by atoms with E-state index in [1.807, 2.05) is 13.0 Å². The maximum absolute atomic E-state index is 11.7. The Morgan fingerprint density at radius 3 is 2.62 bits per heavy atom. The van der Waals surface area contributed by atoms with Gasteiger partial charge in [-0.2, -0.15) is 0 Å². The Balaban J connectivity index is 1.62. The Bertz CT molecular complexity index is 726. The van der Waals surface area contributed by atoms with Gasteiger partial charge in [-0.25, -0.2) is 0 Å². The number of nitrogens with one attached hydrogen (secondary N) is 1. The molecule has 0 atom stereocenters. The number of unbranched alkanes of at least 4 members (excludes halogenated alkanes) is 1. The van der Waals surface area contributed by atoms with Gasteiger partial charge in [0.05, 0.1) is 0 Å². The van der Waals surface area contributed by atoms with Gasteiger partial charge in [-0.3, -0.25) is 9.59 Å². The van der Waals surface area contributed by atoms with E-state index in [9.17, 15) is 9.59 Å². The number of carbonyl (C=O) groups is 1. The Morgan fingerprint density at radius 1 is 1.17 bits per heavy atom. The van der Waals surface area contributed by atoms with Gasteiger partial charge in [0, 0.05) is 29.9 Å². The third-order valence-electron chi connectivity index (χ3n) is 3.58. The molecule has 1 aromatic heterocycles. The second-order valence-electron chi connectivity index (χ2n) is 5.46. The van der Waals surface area contributed by atoms with Gasteiger partial charge in [0.15, 0.2) is 6.61 Å². The first kappa shape index (κ1) is 18.1. The lowest BCUT2D eigenvalue weighted by Crippen LogP contribution is -2.30. The number of ether oxygens (including phenoxy) is 1. The summed E-state index contributed by atoms with van der Waals surface area (Å²) in [6, 6.07) is 12.1. The number of aryl methyl sites for hydroxylation is 1. The van der Waals surface area contributed by atoms with Gasteiger partial charge in [0.1, 0.15) is 5.75 Å². The van der Waals surface area contributed by atoms with Crippen molar-refractivity contribution in [3.63, 3.8) is 0 Å². The van der Waals surface area contributed by atoms with Crippen molar-refractivity contribution in [2.45, 2.75) is 26.3 Å². The summed E-state index contributed by atoms with van der Waals surface area (Å²) in [4.78, 5) is 23.4. The van der Waals surface area contributed by atoms with Gasteiger partial charge in [0.25, 0.3) is 11.5 Å². The van der Waals surface area contributed by atoms with Crippen molar-refractivity contribution in [2.24, 2.45) is 0 Å². The molecule has 0 unspecified atom stereocenters. The number of rotatable bonds is 8. The molecular weight excluding hydrogens is 328 g/mol. The molecule has 6 heteroatoms. The molecule has 0 saturated heterocycles.